The highest BCUT2D eigenvalue weighted by Crippen LogP contribution is 2.22. The van der Waals surface area contributed by atoms with Crippen LogP contribution in [0.25, 0.3) is 0 Å². The van der Waals surface area contributed by atoms with Gasteiger partial charge in [-0.1, -0.05) is 17.7 Å². The van der Waals surface area contributed by atoms with Gasteiger partial charge < -0.3 is 15.2 Å². The SMILES string of the molecule is Cc1ccc(C(C)NCC(O)COc2cccc(Cl)c2)s1. The third-order valence-electron chi connectivity index (χ3n) is 3.09. The number of halogens is 1. The van der Waals surface area contributed by atoms with Gasteiger partial charge in [0.25, 0.3) is 0 Å². The van der Waals surface area contributed by atoms with Gasteiger partial charge >= 0.3 is 0 Å². The molecule has 0 amide bonds. The molecule has 3 nitrogen and oxygen atoms in total. The van der Waals surface area contributed by atoms with Crippen LogP contribution in [0, 0.1) is 6.92 Å². The molecule has 0 aliphatic rings. The van der Waals surface area contributed by atoms with Crippen molar-refractivity contribution in [3.05, 3.63) is 51.2 Å². The summed E-state index contributed by atoms with van der Waals surface area (Å²) >= 11 is 7.65. The minimum atomic E-state index is -0.563. The molecule has 1 heterocycles. The summed E-state index contributed by atoms with van der Waals surface area (Å²) in [6.45, 7) is 4.91. The van der Waals surface area contributed by atoms with Crippen LogP contribution < -0.4 is 10.1 Å². The summed E-state index contributed by atoms with van der Waals surface area (Å²) in [5, 5.41) is 13.9. The highest BCUT2D eigenvalue weighted by molar-refractivity contribution is 7.12. The van der Waals surface area contributed by atoms with Gasteiger partial charge in [-0.05, 0) is 44.2 Å². The van der Waals surface area contributed by atoms with E-state index in [4.69, 9.17) is 16.3 Å². The molecule has 0 saturated carbocycles. The largest absolute Gasteiger partial charge is 0.491 e. The lowest BCUT2D eigenvalue weighted by Gasteiger charge is -2.17. The van der Waals surface area contributed by atoms with Crippen molar-refractivity contribution in [3.8, 4) is 5.75 Å². The van der Waals surface area contributed by atoms with Gasteiger partial charge in [-0.3, -0.25) is 0 Å². The molecule has 0 spiro atoms. The van der Waals surface area contributed by atoms with E-state index in [0.29, 0.717) is 17.3 Å². The molecular formula is C16H20ClNO2S. The van der Waals surface area contributed by atoms with E-state index in [1.807, 2.05) is 12.1 Å². The predicted molar refractivity (Wildman–Crippen MR) is 88.4 cm³/mol. The second-order valence-electron chi connectivity index (χ2n) is 5.00. The molecule has 1 aromatic heterocycles. The minimum Gasteiger partial charge on any atom is -0.491 e. The van der Waals surface area contributed by atoms with E-state index in [0.717, 1.165) is 0 Å². The van der Waals surface area contributed by atoms with Crippen molar-refractivity contribution >= 4 is 22.9 Å². The van der Waals surface area contributed by atoms with Crippen LogP contribution in [0.5, 0.6) is 5.75 Å². The topological polar surface area (TPSA) is 41.5 Å². The Morgan fingerprint density at radius 1 is 1.33 bits per heavy atom. The quantitative estimate of drug-likeness (QED) is 0.813. The van der Waals surface area contributed by atoms with Crippen molar-refractivity contribution in [2.75, 3.05) is 13.2 Å². The average molecular weight is 326 g/mol. The van der Waals surface area contributed by atoms with E-state index in [1.165, 1.54) is 9.75 Å². The van der Waals surface area contributed by atoms with Crippen molar-refractivity contribution in [2.24, 2.45) is 0 Å². The smallest absolute Gasteiger partial charge is 0.120 e. The lowest BCUT2D eigenvalue weighted by atomic mass is 10.2. The van der Waals surface area contributed by atoms with Crippen molar-refractivity contribution in [2.45, 2.75) is 26.0 Å². The number of nitrogens with one attached hydrogen (secondary N) is 1. The molecule has 5 heteroatoms. The summed E-state index contributed by atoms with van der Waals surface area (Å²) in [6.07, 6.45) is -0.563. The fourth-order valence-electron chi connectivity index (χ4n) is 1.91. The number of hydrogen-bond acceptors (Lipinski definition) is 4. The maximum absolute atomic E-state index is 9.96. The molecule has 0 aliphatic heterocycles. The Hall–Kier alpha value is -1.07. The molecule has 0 aliphatic carbocycles. The highest BCUT2D eigenvalue weighted by Gasteiger charge is 2.11. The number of aryl methyl sites for hydroxylation is 1. The first kappa shape index (κ1) is 16.3. The van der Waals surface area contributed by atoms with Crippen molar-refractivity contribution in [3.63, 3.8) is 0 Å². The zero-order valence-corrected chi connectivity index (χ0v) is 13.7. The summed E-state index contributed by atoms with van der Waals surface area (Å²) in [7, 11) is 0. The fourth-order valence-corrected chi connectivity index (χ4v) is 2.99. The van der Waals surface area contributed by atoms with Crippen molar-refractivity contribution < 1.29 is 9.84 Å². The van der Waals surface area contributed by atoms with Crippen LogP contribution in [0.15, 0.2) is 36.4 Å². The Morgan fingerprint density at radius 3 is 2.81 bits per heavy atom. The molecular weight excluding hydrogens is 306 g/mol. The number of ether oxygens (including phenoxy) is 1. The van der Waals surface area contributed by atoms with Crippen LogP contribution in [0.4, 0.5) is 0 Å². The summed E-state index contributed by atoms with van der Waals surface area (Å²) in [5.74, 6) is 0.670. The number of aliphatic hydroxyl groups excluding tert-OH is 1. The summed E-state index contributed by atoms with van der Waals surface area (Å²) in [5.41, 5.74) is 0. The predicted octanol–water partition coefficient (Wildman–Crippen LogP) is 3.80. The monoisotopic (exact) mass is 325 g/mol. The van der Waals surface area contributed by atoms with E-state index >= 15 is 0 Å². The second-order valence-corrected chi connectivity index (χ2v) is 6.76. The molecule has 2 atom stereocenters. The maximum Gasteiger partial charge on any atom is 0.120 e. The molecule has 2 rings (SSSR count). The first-order valence-corrected chi connectivity index (χ1v) is 8.10. The normalized spacial score (nSPS) is 13.9. The zero-order chi connectivity index (χ0) is 15.2. The summed E-state index contributed by atoms with van der Waals surface area (Å²) in [6, 6.07) is 11.6. The van der Waals surface area contributed by atoms with Gasteiger partial charge in [0.2, 0.25) is 0 Å². The average Bonchev–Trinajstić information content (AvgIpc) is 2.89. The first-order valence-electron chi connectivity index (χ1n) is 6.91. The molecule has 1 aromatic carbocycles. The Bertz CT molecular complexity index is 573. The summed E-state index contributed by atoms with van der Waals surface area (Å²) in [4.78, 5) is 2.57. The Morgan fingerprint density at radius 2 is 2.14 bits per heavy atom. The third-order valence-corrected chi connectivity index (χ3v) is 4.50. The highest BCUT2D eigenvalue weighted by atomic mass is 35.5. The summed E-state index contributed by atoms with van der Waals surface area (Å²) < 4.78 is 5.52. The van der Waals surface area contributed by atoms with Crippen LogP contribution in [0.1, 0.15) is 22.7 Å². The molecule has 0 fully saturated rings. The number of benzene rings is 1. The molecule has 114 valence electrons. The third kappa shape index (κ3) is 5.32. The maximum atomic E-state index is 9.96. The van der Waals surface area contributed by atoms with E-state index in [1.54, 1.807) is 23.5 Å². The number of thiophene rings is 1. The zero-order valence-electron chi connectivity index (χ0n) is 12.2. The molecule has 21 heavy (non-hydrogen) atoms. The second kappa shape index (κ2) is 7.80. The van der Waals surface area contributed by atoms with Crippen LogP contribution >= 0.6 is 22.9 Å². The van der Waals surface area contributed by atoms with Crippen LogP contribution in [0.3, 0.4) is 0 Å². The molecule has 2 N–H and O–H groups in total. The van der Waals surface area contributed by atoms with Crippen molar-refractivity contribution in [1.29, 1.82) is 0 Å². The lowest BCUT2D eigenvalue weighted by molar-refractivity contribution is 0.104. The number of rotatable bonds is 7. The van der Waals surface area contributed by atoms with Crippen LogP contribution in [-0.4, -0.2) is 24.4 Å². The Balaban J connectivity index is 1.73. The molecule has 0 saturated heterocycles. The van der Waals surface area contributed by atoms with Gasteiger partial charge in [-0.25, -0.2) is 0 Å². The van der Waals surface area contributed by atoms with Crippen molar-refractivity contribution in [1.82, 2.24) is 5.32 Å². The fraction of sp³-hybridized carbons (Fsp3) is 0.375. The molecule has 0 bridgehead atoms. The van der Waals surface area contributed by atoms with Gasteiger partial charge in [0.1, 0.15) is 18.5 Å². The lowest BCUT2D eigenvalue weighted by Crippen LogP contribution is -2.32. The van der Waals surface area contributed by atoms with Crippen LogP contribution in [-0.2, 0) is 0 Å². The van der Waals surface area contributed by atoms with E-state index in [-0.39, 0.29) is 12.6 Å². The standard InChI is InChI=1S/C16H20ClNO2S/c1-11-6-7-16(21-11)12(2)18-9-14(19)10-20-15-5-3-4-13(17)8-15/h3-8,12,14,18-19H,9-10H2,1-2H3. The Labute approximate surface area is 134 Å². The first-order chi connectivity index (χ1) is 10.0. The van der Waals surface area contributed by atoms with Gasteiger partial charge in [0.15, 0.2) is 0 Å². The minimum absolute atomic E-state index is 0.226. The van der Waals surface area contributed by atoms with Gasteiger partial charge in [0, 0.05) is 27.4 Å². The Kier molecular flexibility index (Phi) is 6.06. The molecule has 0 radical (unpaired) electrons. The molecule has 2 aromatic rings. The number of aliphatic hydroxyl groups is 1. The van der Waals surface area contributed by atoms with Gasteiger partial charge in [-0.2, -0.15) is 0 Å². The number of hydrogen-bond donors (Lipinski definition) is 2. The van der Waals surface area contributed by atoms with Crippen LogP contribution in [0.2, 0.25) is 5.02 Å². The van der Waals surface area contributed by atoms with E-state index in [9.17, 15) is 5.11 Å². The van der Waals surface area contributed by atoms with Gasteiger partial charge in [-0.15, -0.1) is 11.3 Å². The van der Waals surface area contributed by atoms with E-state index in [2.05, 4.69) is 31.3 Å². The van der Waals surface area contributed by atoms with E-state index < -0.39 is 6.10 Å². The van der Waals surface area contributed by atoms with Gasteiger partial charge in [0.05, 0.1) is 0 Å². The molecule has 2 unspecified atom stereocenters.